The zero-order valence-electron chi connectivity index (χ0n) is 8.04. The highest BCUT2D eigenvalue weighted by molar-refractivity contribution is 7.12. The van der Waals surface area contributed by atoms with Gasteiger partial charge in [-0.15, -0.1) is 11.3 Å². The van der Waals surface area contributed by atoms with Crippen LogP contribution in [0, 0.1) is 0 Å². The molecule has 84 valence electrons. The molecule has 1 heterocycles. The molecule has 0 aliphatic carbocycles. The summed E-state index contributed by atoms with van der Waals surface area (Å²) in [6.45, 7) is -0.0987. The van der Waals surface area contributed by atoms with Crippen LogP contribution in [0.2, 0.25) is 0 Å². The fourth-order valence-electron chi connectivity index (χ4n) is 1.03. The Morgan fingerprint density at radius 2 is 2.20 bits per heavy atom. The average molecular weight is 237 g/mol. The normalized spacial score (nSPS) is 11.5. The molecule has 0 aliphatic rings. The van der Waals surface area contributed by atoms with Crippen LogP contribution in [0.25, 0.3) is 0 Å². The number of alkyl halides is 3. The first kappa shape index (κ1) is 12.0. The lowest BCUT2D eigenvalue weighted by molar-refractivity contribution is -0.132. The second-order valence-electron chi connectivity index (χ2n) is 3.11. The van der Waals surface area contributed by atoms with Crippen molar-refractivity contribution in [3.63, 3.8) is 0 Å². The molecule has 0 saturated heterocycles. The van der Waals surface area contributed by atoms with E-state index in [9.17, 15) is 18.0 Å². The van der Waals surface area contributed by atoms with Crippen molar-refractivity contribution in [2.75, 3.05) is 18.5 Å². The number of carbonyl (C=O) groups is 1. The van der Waals surface area contributed by atoms with Gasteiger partial charge in [0.05, 0.1) is 11.3 Å². The van der Waals surface area contributed by atoms with Gasteiger partial charge in [-0.25, -0.2) is 0 Å². The topological polar surface area (TPSA) is 20.3 Å². The second kappa shape index (κ2) is 4.65. The first-order valence-corrected chi connectivity index (χ1v) is 5.12. The molecule has 15 heavy (non-hydrogen) atoms. The Labute approximate surface area is 89.3 Å². The van der Waals surface area contributed by atoms with Crippen molar-refractivity contribution in [2.45, 2.75) is 12.6 Å². The lowest BCUT2D eigenvalue weighted by Crippen LogP contribution is -2.23. The minimum absolute atomic E-state index is 0.0987. The Balaban J connectivity index is 2.53. The van der Waals surface area contributed by atoms with Gasteiger partial charge < -0.3 is 4.90 Å². The van der Waals surface area contributed by atoms with Crippen molar-refractivity contribution < 1.29 is 18.0 Å². The third kappa shape index (κ3) is 3.91. The van der Waals surface area contributed by atoms with Crippen molar-refractivity contribution in [2.24, 2.45) is 0 Å². The quantitative estimate of drug-likeness (QED) is 0.750. The van der Waals surface area contributed by atoms with E-state index in [1.807, 2.05) is 0 Å². The Hall–Kier alpha value is -1.04. The molecule has 1 rings (SSSR count). The number of aldehydes is 1. The SMILES string of the molecule is CN(CCC(F)(F)F)c1csc(C=O)c1. The summed E-state index contributed by atoms with van der Waals surface area (Å²) in [7, 11) is 1.57. The van der Waals surface area contributed by atoms with E-state index >= 15 is 0 Å². The van der Waals surface area contributed by atoms with E-state index in [1.54, 1.807) is 18.5 Å². The molecule has 0 bridgehead atoms. The Kier molecular flexibility index (Phi) is 3.73. The highest BCUT2D eigenvalue weighted by Crippen LogP contribution is 2.24. The molecule has 0 aromatic carbocycles. The number of anilines is 1. The molecule has 0 N–H and O–H groups in total. The lowest BCUT2D eigenvalue weighted by Gasteiger charge is -2.18. The number of hydrogen-bond donors (Lipinski definition) is 0. The van der Waals surface area contributed by atoms with E-state index < -0.39 is 12.6 Å². The van der Waals surface area contributed by atoms with Gasteiger partial charge in [0.1, 0.15) is 0 Å². The maximum atomic E-state index is 11.9. The summed E-state index contributed by atoms with van der Waals surface area (Å²) < 4.78 is 35.8. The van der Waals surface area contributed by atoms with Gasteiger partial charge in [-0.1, -0.05) is 0 Å². The van der Waals surface area contributed by atoms with Crippen LogP contribution >= 0.6 is 11.3 Å². The molecule has 0 spiro atoms. The second-order valence-corrected chi connectivity index (χ2v) is 4.05. The predicted molar refractivity (Wildman–Crippen MR) is 53.6 cm³/mol. The Morgan fingerprint density at radius 3 is 2.67 bits per heavy atom. The van der Waals surface area contributed by atoms with Gasteiger partial charge in [0.25, 0.3) is 0 Å². The molecule has 0 atom stereocenters. The number of thiophene rings is 1. The fourth-order valence-corrected chi connectivity index (χ4v) is 1.78. The predicted octanol–water partition coefficient (Wildman–Crippen LogP) is 2.95. The summed E-state index contributed by atoms with van der Waals surface area (Å²) in [5, 5.41) is 1.67. The van der Waals surface area contributed by atoms with Crippen molar-refractivity contribution in [3.05, 3.63) is 16.3 Å². The van der Waals surface area contributed by atoms with E-state index in [0.29, 0.717) is 16.9 Å². The molecular formula is C9H10F3NOS. The summed E-state index contributed by atoms with van der Waals surface area (Å²) in [5.41, 5.74) is 0.645. The molecule has 0 amide bonds. The first-order chi connectivity index (χ1) is 6.92. The van der Waals surface area contributed by atoms with Crippen LogP contribution in [0.15, 0.2) is 11.4 Å². The van der Waals surface area contributed by atoms with Gasteiger partial charge in [-0.3, -0.25) is 4.79 Å². The molecule has 1 aromatic heterocycles. The molecule has 0 radical (unpaired) electrons. The van der Waals surface area contributed by atoms with Gasteiger partial charge in [0, 0.05) is 24.7 Å². The van der Waals surface area contributed by atoms with E-state index in [0.717, 1.165) is 0 Å². The standard InChI is InChI=1S/C9H10F3NOS/c1-13(3-2-9(10,11)12)7-4-8(5-14)15-6-7/h4-6H,2-3H2,1H3. The molecule has 1 aromatic rings. The van der Waals surface area contributed by atoms with Crippen molar-refractivity contribution >= 4 is 23.3 Å². The van der Waals surface area contributed by atoms with Crippen molar-refractivity contribution in [1.82, 2.24) is 0 Å². The largest absolute Gasteiger partial charge is 0.390 e. The van der Waals surface area contributed by atoms with Gasteiger partial charge in [0.2, 0.25) is 0 Å². The molecule has 6 heteroatoms. The van der Waals surface area contributed by atoms with Crippen molar-refractivity contribution in [3.8, 4) is 0 Å². The fraction of sp³-hybridized carbons (Fsp3) is 0.444. The highest BCUT2D eigenvalue weighted by Gasteiger charge is 2.27. The summed E-state index contributed by atoms with van der Waals surface area (Å²) in [6.07, 6.45) is -4.31. The van der Waals surface area contributed by atoms with Crippen LogP contribution in [0.1, 0.15) is 16.1 Å². The third-order valence-corrected chi connectivity index (χ3v) is 2.74. The average Bonchev–Trinajstić information content (AvgIpc) is 2.61. The van der Waals surface area contributed by atoms with Gasteiger partial charge in [-0.2, -0.15) is 13.2 Å². The van der Waals surface area contributed by atoms with E-state index in [1.165, 1.54) is 16.2 Å². The minimum atomic E-state index is -4.14. The summed E-state index contributed by atoms with van der Waals surface area (Å²) in [6, 6.07) is 1.58. The lowest BCUT2D eigenvalue weighted by atomic mass is 10.3. The molecule has 0 saturated carbocycles. The Bertz CT molecular complexity index is 334. The zero-order valence-corrected chi connectivity index (χ0v) is 8.86. The number of carbonyl (C=O) groups excluding carboxylic acids is 1. The summed E-state index contributed by atoms with van der Waals surface area (Å²) in [5.74, 6) is 0. The van der Waals surface area contributed by atoms with Crippen LogP contribution in [0.5, 0.6) is 0 Å². The summed E-state index contributed by atoms with van der Waals surface area (Å²) >= 11 is 1.22. The van der Waals surface area contributed by atoms with Crippen LogP contribution < -0.4 is 4.90 Å². The highest BCUT2D eigenvalue weighted by atomic mass is 32.1. The molecule has 0 unspecified atom stereocenters. The molecule has 0 fully saturated rings. The smallest absolute Gasteiger partial charge is 0.374 e. The zero-order chi connectivity index (χ0) is 11.5. The number of nitrogens with zero attached hydrogens (tertiary/aromatic N) is 1. The van der Waals surface area contributed by atoms with Crippen LogP contribution in [-0.4, -0.2) is 26.1 Å². The van der Waals surface area contributed by atoms with E-state index in [4.69, 9.17) is 0 Å². The molecular weight excluding hydrogens is 227 g/mol. The van der Waals surface area contributed by atoms with E-state index in [2.05, 4.69) is 0 Å². The molecule has 2 nitrogen and oxygen atoms in total. The van der Waals surface area contributed by atoms with E-state index in [-0.39, 0.29) is 6.54 Å². The molecule has 0 aliphatic heterocycles. The first-order valence-electron chi connectivity index (χ1n) is 4.24. The maximum absolute atomic E-state index is 11.9. The monoisotopic (exact) mass is 237 g/mol. The van der Waals surface area contributed by atoms with Gasteiger partial charge in [0.15, 0.2) is 6.29 Å². The van der Waals surface area contributed by atoms with Gasteiger partial charge in [-0.05, 0) is 6.07 Å². The van der Waals surface area contributed by atoms with Gasteiger partial charge >= 0.3 is 6.18 Å². The third-order valence-electron chi connectivity index (χ3n) is 1.89. The Morgan fingerprint density at radius 1 is 1.53 bits per heavy atom. The number of halogens is 3. The number of hydrogen-bond acceptors (Lipinski definition) is 3. The maximum Gasteiger partial charge on any atom is 0.390 e. The van der Waals surface area contributed by atoms with Crippen LogP contribution in [0.4, 0.5) is 18.9 Å². The number of rotatable bonds is 4. The van der Waals surface area contributed by atoms with Crippen LogP contribution in [-0.2, 0) is 0 Å². The minimum Gasteiger partial charge on any atom is -0.374 e. The van der Waals surface area contributed by atoms with Crippen molar-refractivity contribution in [1.29, 1.82) is 0 Å². The van der Waals surface area contributed by atoms with Crippen LogP contribution in [0.3, 0.4) is 0 Å². The summed E-state index contributed by atoms with van der Waals surface area (Å²) in [4.78, 5) is 12.4.